The summed E-state index contributed by atoms with van der Waals surface area (Å²) in [6.07, 6.45) is 20.0. The summed E-state index contributed by atoms with van der Waals surface area (Å²) >= 11 is 6.62. The molecular formula is C34H53ClN6O2. The van der Waals surface area contributed by atoms with Gasteiger partial charge in [-0.3, -0.25) is 9.59 Å². The van der Waals surface area contributed by atoms with Crippen molar-refractivity contribution in [3.05, 3.63) is 28.9 Å². The molecular weight excluding hydrogens is 560 g/mol. The second-order valence-corrected chi connectivity index (χ2v) is 13.3. The summed E-state index contributed by atoms with van der Waals surface area (Å²) in [6.45, 7) is 9.86. The molecule has 0 saturated carbocycles. The number of nitrogens with zero attached hydrogens (tertiary/aromatic N) is 3. The van der Waals surface area contributed by atoms with Crippen molar-refractivity contribution in [2.24, 2.45) is 0 Å². The molecule has 0 atom stereocenters. The summed E-state index contributed by atoms with van der Waals surface area (Å²) in [5.74, 6) is 0.280. The van der Waals surface area contributed by atoms with Gasteiger partial charge in [-0.2, -0.15) is 5.10 Å². The van der Waals surface area contributed by atoms with Gasteiger partial charge in [0.25, 0.3) is 0 Å². The molecule has 0 bridgehead atoms. The summed E-state index contributed by atoms with van der Waals surface area (Å²) in [5.41, 5.74) is 2.96. The molecule has 8 nitrogen and oxygen atoms in total. The summed E-state index contributed by atoms with van der Waals surface area (Å²) in [5, 5.41) is 15.5. The van der Waals surface area contributed by atoms with Crippen LogP contribution in [0.15, 0.2) is 18.2 Å². The van der Waals surface area contributed by atoms with Crippen LogP contribution in [0.3, 0.4) is 0 Å². The van der Waals surface area contributed by atoms with Crippen molar-refractivity contribution < 1.29 is 9.59 Å². The normalized spacial score (nSPS) is 11.8. The van der Waals surface area contributed by atoms with Gasteiger partial charge in [-0.15, -0.1) is 9.73 Å². The lowest BCUT2D eigenvalue weighted by atomic mass is 9.92. The number of nitrogens with one attached hydrogen (secondary N) is 3. The van der Waals surface area contributed by atoms with Gasteiger partial charge >= 0.3 is 0 Å². The van der Waals surface area contributed by atoms with E-state index in [1.165, 1.54) is 95.0 Å². The van der Waals surface area contributed by atoms with E-state index in [0.29, 0.717) is 39.9 Å². The number of aromatic nitrogens is 4. The molecule has 0 unspecified atom stereocenters. The first kappa shape index (κ1) is 34.6. The fourth-order valence-electron chi connectivity index (χ4n) is 5.40. The van der Waals surface area contributed by atoms with Crippen LogP contribution < -0.4 is 10.6 Å². The highest BCUT2D eigenvalue weighted by Crippen LogP contribution is 2.34. The molecule has 0 spiro atoms. The molecule has 0 aliphatic heterocycles. The van der Waals surface area contributed by atoms with Crippen LogP contribution in [-0.2, 0) is 15.0 Å². The SMILES string of the molecule is CCCCCCCCCCCCCCCCCC(=O)Nc1ccc(NC(C)=O)c(-c2nn3nc(C(C)(C)C)c(Cl)c3[nH]2)c1. The molecule has 2 amide bonds. The molecule has 238 valence electrons. The Morgan fingerprint density at radius 2 is 1.40 bits per heavy atom. The van der Waals surface area contributed by atoms with E-state index in [0.717, 1.165) is 18.5 Å². The minimum absolute atomic E-state index is 0.0139. The zero-order valence-electron chi connectivity index (χ0n) is 27.1. The van der Waals surface area contributed by atoms with Gasteiger partial charge in [0.15, 0.2) is 11.5 Å². The maximum Gasteiger partial charge on any atom is 0.224 e. The molecule has 9 heteroatoms. The fourth-order valence-corrected chi connectivity index (χ4v) is 5.84. The first-order chi connectivity index (χ1) is 20.6. The van der Waals surface area contributed by atoms with E-state index < -0.39 is 0 Å². The number of aromatic amines is 1. The van der Waals surface area contributed by atoms with E-state index in [4.69, 9.17) is 11.6 Å². The van der Waals surface area contributed by atoms with Crippen molar-refractivity contribution in [1.82, 2.24) is 19.8 Å². The summed E-state index contributed by atoms with van der Waals surface area (Å²) < 4.78 is 1.48. The maximum absolute atomic E-state index is 12.7. The van der Waals surface area contributed by atoms with Gasteiger partial charge in [-0.05, 0) is 24.6 Å². The number of unbranched alkanes of at least 4 members (excludes halogenated alkanes) is 14. The maximum atomic E-state index is 12.7. The average molecular weight is 613 g/mol. The topological polar surface area (TPSA) is 104 Å². The van der Waals surface area contributed by atoms with E-state index in [1.807, 2.05) is 26.8 Å². The van der Waals surface area contributed by atoms with Crippen LogP contribution >= 0.6 is 11.6 Å². The van der Waals surface area contributed by atoms with Crippen molar-refractivity contribution >= 4 is 40.4 Å². The fraction of sp³-hybridized carbons (Fsp3) is 0.647. The van der Waals surface area contributed by atoms with Gasteiger partial charge in [0.1, 0.15) is 5.02 Å². The molecule has 0 radical (unpaired) electrons. The first-order valence-electron chi connectivity index (χ1n) is 16.5. The lowest BCUT2D eigenvalue weighted by molar-refractivity contribution is -0.116. The minimum atomic E-state index is -0.232. The highest BCUT2D eigenvalue weighted by molar-refractivity contribution is 6.34. The third-order valence-corrected chi connectivity index (χ3v) is 8.19. The molecule has 0 fully saturated rings. The molecule has 0 aliphatic rings. The van der Waals surface area contributed by atoms with Crippen molar-refractivity contribution in [3.63, 3.8) is 0 Å². The number of anilines is 2. The molecule has 2 heterocycles. The number of rotatable bonds is 19. The zero-order valence-corrected chi connectivity index (χ0v) is 27.8. The monoisotopic (exact) mass is 612 g/mol. The second-order valence-electron chi connectivity index (χ2n) is 12.9. The largest absolute Gasteiger partial charge is 0.326 e. The first-order valence-corrected chi connectivity index (χ1v) is 16.8. The predicted octanol–water partition coefficient (Wildman–Crippen LogP) is 9.83. The van der Waals surface area contributed by atoms with Crippen molar-refractivity contribution in [3.8, 4) is 11.4 Å². The van der Waals surface area contributed by atoms with Crippen molar-refractivity contribution in [2.75, 3.05) is 10.6 Å². The van der Waals surface area contributed by atoms with E-state index in [-0.39, 0.29) is 17.2 Å². The second kappa shape index (κ2) is 17.4. The Hall–Kier alpha value is -2.87. The zero-order chi connectivity index (χ0) is 31.2. The highest BCUT2D eigenvalue weighted by atomic mass is 35.5. The molecule has 0 aliphatic carbocycles. The highest BCUT2D eigenvalue weighted by Gasteiger charge is 2.25. The number of fused-ring (bicyclic) bond motifs is 1. The van der Waals surface area contributed by atoms with Crippen LogP contribution in [0.5, 0.6) is 0 Å². The molecule has 3 N–H and O–H groups in total. The van der Waals surface area contributed by atoms with Crippen LogP contribution in [0.4, 0.5) is 11.4 Å². The molecule has 43 heavy (non-hydrogen) atoms. The van der Waals surface area contributed by atoms with Gasteiger partial charge in [0.2, 0.25) is 11.8 Å². The molecule has 3 rings (SSSR count). The third-order valence-electron chi connectivity index (χ3n) is 7.83. The van der Waals surface area contributed by atoms with Crippen LogP contribution in [0.1, 0.15) is 143 Å². The van der Waals surface area contributed by atoms with Gasteiger partial charge < -0.3 is 15.6 Å². The summed E-state index contributed by atoms with van der Waals surface area (Å²) in [7, 11) is 0. The third kappa shape index (κ3) is 11.3. The number of benzene rings is 1. The van der Waals surface area contributed by atoms with Crippen LogP contribution in [0.2, 0.25) is 5.02 Å². The van der Waals surface area contributed by atoms with E-state index in [2.05, 4.69) is 32.7 Å². The Balaban J connectivity index is 1.42. The standard InChI is InChI=1S/C34H53ClN6O2/c1-6-7-8-9-10-11-12-13-14-15-16-17-18-19-20-21-29(43)37-26-22-23-28(36-25(2)42)27(24-26)32-38-33-30(35)31(34(3,4)5)39-41(33)40-32/h22-24H,6-21H2,1-5H3,(H,36,42)(H,37,43)(H,38,40). The Labute approximate surface area is 263 Å². The van der Waals surface area contributed by atoms with Crippen LogP contribution in [0.25, 0.3) is 17.0 Å². The Kier molecular flexibility index (Phi) is 14.0. The van der Waals surface area contributed by atoms with Crippen molar-refractivity contribution in [1.29, 1.82) is 0 Å². The number of hydrogen-bond acceptors (Lipinski definition) is 4. The van der Waals surface area contributed by atoms with E-state index in [9.17, 15) is 9.59 Å². The van der Waals surface area contributed by atoms with Crippen LogP contribution in [-0.4, -0.2) is 31.6 Å². The van der Waals surface area contributed by atoms with Gasteiger partial charge in [-0.1, -0.05) is 129 Å². The van der Waals surface area contributed by atoms with E-state index in [1.54, 1.807) is 12.1 Å². The summed E-state index contributed by atoms with van der Waals surface area (Å²) in [4.78, 5) is 27.8. The van der Waals surface area contributed by atoms with Gasteiger partial charge in [0.05, 0.1) is 11.4 Å². The number of hydrogen-bond donors (Lipinski definition) is 3. The number of amides is 2. The van der Waals surface area contributed by atoms with E-state index >= 15 is 0 Å². The van der Waals surface area contributed by atoms with Crippen LogP contribution in [0, 0.1) is 0 Å². The smallest absolute Gasteiger partial charge is 0.224 e. The summed E-state index contributed by atoms with van der Waals surface area (Å²) in [6, 6.07) is 5.37. The molecule has 2 aromatic heterocycles. The molecule has 3 aromatic rings. The number of halogens is 1. The van der Waals surface area contributed by atoms with Crippen molar-refractivity contribution in [2.45, 2.75) is 143 Å². The van der Waals surface area contributed by atoms with Gasteiger partial charge in [0, 0.05) is 30.0 Å². The average Bonchev–Trinajstić information content (AvgIpc) is 3.50. The number of H-pyrrole nitrogens is 1. The lowest BCUT2D eigenvalue weighted by Gasteiger charge is -2.15. The Morgan fingerprint density at radius 1 is 0.837 bits per heavy atom. The number of carbonyl (C=O) groups is 2. The Morgan fingerprint density at radius 3 is 1.91 bits per heavy atom. The lowest BCUT2D eigenvalue weighted by Crippen LogP contribution is -2.13. The molecule has 0 saturated heterocycles. The number of carbonyl (C=O) groups excluding carboxylic acids is 2. The Bertz CT molecular complexity index is 1310. The molecule has 1 aromatic carbocycles. The van der Waals surface area contributed by atoms with Gasteiger partial charge in [-0.25, -0.2) is 0 Å². The predicted molar refractivity (Wildman–Crippen MR) is 179 cm³/mol. The minimum Gasteiger partial charge on any atom is -0.326 e. The quantitative estimate of drug-likeness (QED) is 0.117.